The molecule has 8 nitrogen and oxygen atoms in total. The molecule has 26 heavy (non-hydrogen) atoms. The van der Waals surface area contributed by atoms with Gasteiger partial charge in [-0.25, -0.2) is 0 Å². The quantitative estimate of drug-likeness (QED) is 0.724. The highest BCUT2D eigenvalue weighted by atomic mass is 16.6. The van der Waals surface area contributed by atoms with Gasteiger partial charge in [0, 0.05) is 11.8 Å². The van der Waals surface area contributed by atoms with E-state index < -0.39 is 0 Å². The lowest BCUT2D eigenvalue weighted by atomic mass is 10.2. The summed E-state index contributed by atoms with van der Waals surface area (Å²) in [6, 6.07) is 13.1. The van der Waals surface area contributed by atoms with Crippen LogP contribution in [-0.4, -0.2) is 35.5 Å². The second-order valence-electron chi connectivity index (χ2n) is 5.47. The Labute approximate surface area is 150 Å². The van der Waals surface area contributed by atoms with E-state index in [1.807, 2.05) is 42.5 Å². The molecular weight excluding hydrogens is 334 g/mol. The first-order valence-electron chi connectivity index (χ1n) is 8.08. The van der Waals surface area contributed by atoms with Crippen LogP contribution in [0.5, 0.6) is 17.2 Å². The lowest BCUT2D eigenvalue weighted by Gasteiger charge is -2.19. The van der Waals surface area contributed by atoms with E-state index in [0.717, 1.165) is 17.1 Å². The highest BCUT2D eigenvalue weighted by molar-refractivity contribution is 5.64. The minimum absolute atomic E-state index is 0.358. The van der Waals surface area contributed by atoms with Gasteiger partial charge in [-0.15, -0.1) is 5.10 Å². The zero-order valence-corrected chi connectivity index (χ0v) is 14.1. The third-order valence-corrected chi connectivity index (χ3v) is 3.73. The summed E-state index contributed by atoms with van der Waals surface area (Å²) in [6.07, 6.45) is 1.55. The summed E-state index contributed by atoms with van der Waals surface area (Å²) in [7, 11) is 1.61. The van der Waals surface area contributed by atoms with Gasteiger partial charge in [0.15, 0.2) is 17.3 Å². The topological polar surface area (TPSA) is 90.4 Å². The third kappa shape index (κ3) is 3.44. The van der Waals surface area contributed by atoms with Crippen molar-refractivity contribution in [3.63, 3.8) is 0 Å². The van der Waals surface area contributed by atoms with Gasteiger partial charge in [0.25, 0.3) is 0 Å². The second kappa shape index (κ2) is 7.14. The highest BCUT2D eigenvalue weighted by Gasteiger charge is 2.12. The number of hydrogen-bond acceptors (Lipinski definition) is 8. The van der Waals surface area contributed by atoms with Crippen LogP contribution in [0.1, 0.15) is 0 Å². The number of anilines is 4. The molecule has 1 aliphatic rings. The Morgan fingerprint density at radius 3 is 2.73 bits per heavy atom. The second-order valence-corrected chi connectivity index (χ2v) is 5.47. The lowest BCUT2D eigenvalue weighted by molar-refractivity contribution is 0.171. The molecule has 0 bridgehead atoms. The van der Waals surface area contributed by atoms with E-state index in [4.69, 9.17) is 14.2 Å². The smallest absolute Gasteiger partial charge is 0.249 e. The number of aromatic nitrogens is 3. The van der Waals surface area contributed by atoms with Crippen LogP contribution in [0.2, 0.25) is 0 Å². The van der Waals surface area contributed by atoms with E-state index in [-0.39, 0.29) is 0 Å². The maximum Gasteiger partial charge on any atom is 0.249 e. The monoisotopic (exact) mass is 351 g/mol. The molecule has 2 N–H and O–H groups in total. The Bertz CT molecular complexity index is 919. The molecule has 0 radical (unpaired) electrons. The van der Waals surface area contributed by atoms with Gasteiger partial charge in [-0.3, -0.25) is 0 Å². The fourth-order valence-electron chi connectivity index (χ4n) is 2.55. The van der Waals surface area contributed by atoms with Crippen molar-refractivity contribution in [2.75, 3.05) is 31.0 Å². The van der Waals surface area contributed by atoms with Crippen LogP contribution < -0.4 is 24.8 Å². The van der Waals surface area contributed by atoms with E-state index >= 15 is 0 Å². The van der Waals surface area contributed by atoms with Gasteiger partial charge >= 0.3 is 0 Å². The molecule has 1 aromatic heterocycles. The molecule has 8 heteroatoms. The average Bonchev–Trinajstić information content (AvgIpc) is 2.69. The Hall–Kier alpha value is -3.55. The number of nitrogens with one attached hydrogen (secondary N) is 2. The summed E-state index contributed by atoms with van der Waals surface area (Å²) in [5.41, 5.74) is 1.58. The molecule has 1 aliphatic heterocycles. The first-order chi connectivity index (χ1) is 12.8. The van der Waals surface area contributed by atoms with Crippen molar-refractivity contribution in [3.8, 4) is 17.2 Å². The Balaban J connectivity index is 1.52. The zero-order valence-electron chi connectivity index (χ0n) is 14.1. The molecule has 132 valence electrons. The van der Waals surface area contributed by atoms with Gasteiger partial charge in [-0.2, -0.15) is 10.1 Å². The first kappa shape index (κ1) is 15.9. The molecular formula is C18H17N5O3. The highest BCUT2D eigenvalue weighted by Crippen LogP contribution is 2.33. The maximum atomic E-state index is 5.59. The van der Waals surface area contributed by atoms with Crippen LogP contribution in [0, 0.1) is 0 Å². The van der Waals surface area contributed by atoms with Crippen LogP contribution in [0.25, 0.3) is 0 Å². The molecule has 0 spiro atoms. The summed E-state index contributed by atoms with van der Waals surface area (Å²) < 4.78 is 16.4. The Kier molecular flexibility index (Phi) is 4.38. The third-order valence-electron chi connectivity index (χ3n) is 3.73. The van der Waals surface area contributed by atoms with Crippen molar-refractivity contribution in [2.45, 2.75) is 0 Å². The summed E-state index contributed by atoms with van der Waals surface area (Å²) >= 11 is 0. The van der Waals surface area contributed by atoms with Crippen molar-refractivity contribution < 1.29 is 14.2 Å². The van der Waals surface area contributed by atoms with Gasteiger partial charge in [-0.1, -0.05) is 12.1 Å². The molecule has 2 heterocycles. The van der Waals surface area contributed by atoms with Gasteiger partial charge in [0.05, 0.1) is 19.0 Å². The number of fused-ring (bicyclic) bond motifs is 1. The van der Waals surface area contributed by atoms with Crippen LogP contribution in [-0.2, 0) is 0 Å². The molecule has 0 aliphatic carbocycles. The van der Waals surface area contributed by atoms with Crippen LogP contribution in [0.4, 0.5) is 23.1 Å². The number of para-hydroxylation sites is 2. The summed E-state index contributed by atoms with van der Waals surface area (Å²) in [5, 5.41) is 14.3. The van der Waals surface area contributed by atoms with Crippen molar-refractivity contribution in [3.05, 3.63) is 48.7 Å². The number of nitrogens with zero attached hydrogens (tertiary/aromatic N) is 3. The Morgan fingerprint density at radius 2 is 1.85 bits per heavy atom. The number of hydrogen-bond donors (Lipinski definition) is 2. The van der Waals surface area contributed by atoms with Gasteiger partial charge in [0.2, 0.25) is 5.95 Å². The van der Waals surface area contributed by atoms with E-state index in [1.54, 1.807) is 13.3 Å². The summed E-state index contributed by atoms with van der Waals surface area (Å²) in [6.45, 7) is 1.10. The number of rotatable bonds is 5. The van der Waals surface area contributed by atoms with Gasteiger partial charge in [-0.05, 0) is 24.3 Å². The number of benzene rings is 2. The van der Waals surface area contributed by atoms with Gasteiger partial charge in [0.1, 0.15) is 19.0 Å². The molecule has 2 aromatic carbocycles. The van der Waals surface area contributed by atoms with E-state index in [1.165, 1.54) is 0 Å². The van der Waals surface area contributed by atoms with E-state index in [9.17, 15) is 0 Å². The largest absolute Gasteiger partial charge is 0.495 e. The Morgan fingerprint density at radius 1 is 1.00 bits per heavy atom. The SMILES string of the molecule is COc1ccccc1Nc1nncc(Nc2ccc3c(c2)OCCO3)n1. The minimum Gasteiger partial charge on any atom is -0.495 e. The molecule has 0 fully saturated rings. The lowest BCUT2D eigenvalue weighted by Crippen LogP contribution is -2.15. The van der Waals surface area contributed by atoms with Crippen LogP contribution in [0.15, 0.2) is 48.7 Å². The predicted molar refractivity (Wildman–Crippen MR) is 96.8 cm³/mol. The molecule has 0 saturated carbocycles. The summed E-state index contributed by atoms with van der Waals surface area (Å²) in [4.78, 5) is 4.43. The summed E-state index contributed by atoms with van der Waals surface area (Å²) in [5.74, 6) is 3.05. The van der Waals surface area contributed by atoms with Crippen molar-refractivity contribution in [1.29, 1.82) is 0 Å². The predicted octanol–water partition coefficient (Wildman–Crippen LogP) is 3.14. The molecule has 0 atom stereocenters. The van der Waals surface area contributed by atoms with Crippen molar-refractivity contribution in [1.82, 2.24) is 15.2 Å². The van der Waals surface area contributed by atoms with Gasteiger partial charge < -0.3 is 24.8 Å². The molecule has 4 rings (SSSR count). The standard InChI is InChI=1S/C18H17N5O3/c1-24-14-5-3-2-4-13(14)21-18-22-17(11-19-23-18)20-12-6-7-15-16(10-12)26-9-8-25-15/h2-7,10-11H,8-9H2,1H3,(H2,20,21,22,23). The molecule has 0 unspecified atom stereocenters. The molecule has 0 saturated heterocycles. The van der Waals surface area contributed by atoms with E-state index in [0.29, 0.717) is 36.5 Å². The first-order valence-corrected chi connectivity index (χ1v) is 8.08. The number of methoxy groups -OCH3 is 1. The van der Waals surface area contributed by atoms with Crippen molar-refractivity contribution in [2.24, 2.45) is 0 Å². The molecule has 3 aromatic rings. The zero-order chi connectivity index (χ0) is 17.8. The average molecular weight is 351 g/mol. The normalized spacial score (nSPS) is 12.3. The fourth-order valence-corrected chi connectivity index (χ4v) is 2.55. The van der Waals surface area contributed by atoms with E-state index in [2.05, 4.69) is 25.8 Å². The fraction of sp³-hybridized carbons (Fsp3) is 0.167. The van der Waals surface area contributed by atoms with Crippen molar-refractivity contribution >= 4 is 23.1 Å². The maximum absolute atomic E-state index is 5.59. The minimum atomic E-state index is 0.358. The van der Waals surface area contributed by atoms with Crippen LogP contribution >= 0.6 is 0 Å². The number of ether oxygens (including phenoxy) is 3. The van der Waals surface area contributed by atoms with Crippen LogP contribution in [0.3, 0.4) is 0 Å². The molecule has 0 amide bonds.